The Morgan fingerprint density at radius 3 is 2.31 bits per heavy atom. The van der Waals surface area contributed by atoms with Crippen molar-refractivity contribution in [2.75, 3.05) is 16.8 Å². The smallest absolute Gasteiger partial charge is 0.388 e. The van der Waals surface area contributed by atoms with Crippen molar-refractivity contribution < 1.29 is 28.2 Å². The number of carboxylic acid groups (broad SMARTS) is 1. The highest BCUT2D eigenvalue weighted by Crippen LogP contribution is 2.57. The highest BCUT2D eigenvalue weighted by Gasteiger charge is 2.53. The summed E-state index contributed by atoms with van der Waals surface area (Å²) in [5, 5.41) is 12.5. The summed E-state index contributed by atoms with van der Waals surface area (Å²) >= 11 is 0. The number of nitrogens with zero attached hydrogens (tertiary/aromatic N) is 2. The lowest BCUT2D eigenvalue weighted by atomic mass is 9.53. The molecule has 3 saturated carbocycles. The van der Waals surface area contributed by atoms with Gasteiger partial charge in [-0.25, -0.2) is 9.78 Å². The number of alkyl halides is 2. The van der Waals surface area contributed by atoms with E-state index in [0.29, 0.717) is 31.5 Å². The van der Waals surface area contributed by atoms with Crippen molar-refractivity contribution in [1.82, 2.24) is 4.98 Å². The van der Waals surface area contributed by atoms with Crippen LogP contribution in [0.3, 0.4) is 0 Å². The maximum Gasteiger partial charge on any atom is 0.388 e. The van der Waals surface area contributed by atoms with E-state index in [1.165, 1.54) is 6.07 Å². The van der Waals surface area contributed by atoms with Crippen LogP contribution in [0.1, 0.15) is 69.5 Å². The van der Waals surface area contributed by atoms with Crippen LogP contribution in [0.5, 0.6) is 5.88 Å². The van der Waals surface area contributed by atoms with Crippen molar-refractivity contribution in [2.45, 2.75) is 71.8 Å². The minimum Gasteiger partial charge on any atom is -0.481 e. The minimum atomic E-state index is -3.08. The molecule has 194 valence electrons. The molecule has 0 spiro atoms. The van der Waals surface area contributed by atoms with Crippen molar-refractivity contribution in [1.29, 1.82) is 0 Å². The summed E-state index contributed by atoms with van der Waals surface area (Å²) in [6.45, 7) is 3.08. The number of fused-ring (bicyclic) bond motifs is 3. The number of amides is 2. The van der Waals surface area contributed by atoms with Crippen LogP contribution in [0.2, 0.25) is 0 Å². The number of pyridine rings is 1. The van der Waals surface area contributed by atoms with E-state index in [1.54, 1.807) is 17.9 Å². The first-order valence-corrected chi connectivity index (χ1v) is 12.4. The van der Waals surface area contributed by atoms with E-state index in [1.807, 2.05) is 38.1 Å². The average Bonchev–Trinajstić information content (AvgIpc) is 2.85. The number of hydrogen-bond acceptors (Lipinski definition) is 4. The number of hydrogen-bond donors (Lipinski definition) is 2. The Balaban J connectivity index is 1.67. The van der Waals surface area contributed by atoms with E-state index in [4.69, 9.17) is 0 Å². The fourth-order valence-electron chi connectivity index (χ4n) is 5.63. The third-order valence-electron chi connectivity index (χ3n) is 7.89. The summed E-state index contributed by atoms with van der Waals surface area (Å²) in [4.78, 5) is 31.4. The summed E-state index contributed by atoms with van der Waals surface area (Å²) in [7, 11) is 0. The molecule has 0 unspecified atom stereocenters. The fourth-order valence-corrected chi connectivity index (χ4v) is 5.63. The van der Waals surface area contributed by atoms with Crippen LogP contribution < -0.4 is 15.0 Å². The summed E-state index contributed by atoms with van der Waals surface area (Å²) in [5.41, 5.74) is 1.42. The number of halogens is 2. The summed E-state index contributed by atoms with van der Waals surface area (Å²) in [6.07, 6.45) is 3.95. The quantitative estimate of drug-likeness (QED) is 0.426. The van der Waals surface area contributed by atoms with Gasteiger partial charge in [0.15, 0.2) is 0 Å². The summed E-state index contributed by atoms with van der Waals surface area (Å²) < 4.78 is 30.6. The molecule has 0 aliphatic heterocycles. The van der Waals surface area contributed by atoms with Crippen LogP contribution in [-0.2, 0) is 4.79 Å². The topological polar surface area (TPSA) is 91.8 Å². The largest absolute Gasteiger partial charge is 0.481 e. The average molecular weight is 502 g/mol. The zero-order chi connectivity index (χ0) is 26.1. The molecule has 9 heteroatoms. The van der Waals surface area contributed by atoms with Gasteiger partial charge in [0.2, 0.25) is 5.88 Å². The predicted octanol–water partition coefficient (Wildman–Crippen LogP) is 6.58. The van der Waals surface area contributed by atoms with Crippen LogP contribution in [0, 0.1) is 17.8 Å². The number of carboxylic acids is 1. The third-order valence-corrected chi connectivity index (χ3v) is 7.89. The van der Waals surface area contributed by atoms with Crippen LogP contribution in [0.15, 0.2) is 36.4 Å². The van der Waals surface area contributed by atoms with Crippen molar-refractivity contribution in [3.05, 3.63) is 47.7 Å². The first-order chi connectivity index (χ1) is 17.0. The molecule has 3 aliphatic rings. The molecule has 2 bridgehead atoms. The summed E-state index contributed by atoms with van der Waals surface area (Å²) in [5.74, 6) is -0.922. The first kappa shape index (κ1) is 25.9. The number of aryl methyl sites for hydroxylation is 1. The number of aromatic nitrogens is 1. The van der Waals surface area contributed by atoms with Gasteiger partial charge in [0.05, 0.1) is 5.41 Å². The predicted molar refractivity (Wildman–Crippen MR) is 133 cm³/mol. The molecule has 2 aromatic rings. The normalized spacial score (nSPS) is 23.1. The van der Waals surface area contributed by atoms with Crippen molar-refractivity contribution >= 4 is 23.4 Å². The lowest BCUT2D eigenvalue weighted by Gasteiger charge is -2.52. The Bertz CT molecular complexity index is 1110. The lowest BCUT2D eigenvalue weighted by molar-refractivity contribution is -0.158. The zero-order valence-electron chi connectivity index (χ0n) is 20.9. The highest BCUT2D eigenvalue weighted by atomic mass is 19.3. The number of para-hydroxylation sites is 1. The van der Waals surface area contributed by atoms with Crippen molar-refractivity contribution in [3.63, 3.8) is 0 Å². The maximum atomic E-state index is 13.8. The molecule has 1 heterocycles. The van der Waals surface area contributed by atoms with Gasteiger partial charge in [-0.05, 0) is 80.5 Å². The second kappa shape index (κ2) is 10.0. The van der Waals surface area contributed by atoms with E-state index < -0.39 is 24.0 Å². The second-order valence-corrected chi connectivity index (χ2v) is 10.5. The van der Waals surface area contributed by atoms with Gasteiger partial charge in [-0.3, -0.25) is 9.69 Å². The maximum absolute atomic E-state index is 13.8. The number of carbonyl (C=O) groups is 2. The molecule has 5 rings (SSSR count). The molecule has 0 saturated heterocycles. The summed E-state index contributed by atoms with van der Waals surface area (Å²) in [6, 6.07) is 10.3. The van der Waals surface area contributed by atoms with Crippen LogP contribution in [-0.4, -0.2) is 35.2 Å². The molecular formula is C27H33F2N3O4. The molecule has 1 aromatic heterocycles. The molecule has 36 heavy (non-hydrogen) atoms. The van der Waals surface area contributed by atoms with E-state index in [-0.39, 0.29) is 22.9 Å². The Morgan fingerprint density at radius 1 is 1.08 bits per heavy atom. The van der Waals surface area contributed by atoms with Crippen LogP contribution in [0.4, 0.5) is 25.0 Å². The van der Waals surface area contributed by atoms with E-state index in [0.717, 1.165) is 30.5 Å². The number of urea groups is 1. The van der Waals surface area contributed by atoms with Gasteiger partial charge in [-0.15, -0.1) is 0 Å². The molecule has 2 amide bonds. The zero-order valence-corrected chi connectivity index (χ0v) is 20.9. The number of anilines is 2. The Hall–Kier alpha value is -3.23. The number of carbonyl (C=O) groups excluding carboxylic acids is 1. The number of benzene rings is 1. The van der Waals surface area contributed by atoms with E-state index in [2.05, 4.69) is 15.0 Å². The molecule has 0 atom stereocenters. The molecule has 3 fully saturated rings. The van der Waals surface area contributed by atoms with Gasteiger partial charge in [0.1, 0.15) is 5.69 Å². The number of aliphatic carboxylic acids is 1. The molecule has 7 nitrogen and oxygen atoms in total. The highest BCUT2D eigenvalue weighted by molar-refractivity contribution is 6.03. The van der Waals surface area contributed by atoms with Crippen LogP contribution in [0.25, 0.3) is 0 Å². The Labute approximate surface area is 209 Å². The van der Waals surface area contributed by atoms with Gasteiger partial charge in [0.25, 0.3) is 0 Å². The number of ether oxygens (including phenoxy) is 1. The second-order valence-electron chi connectivity index (χ2n) is 10.5. The first-order valence-electron chi connectivity index (χ1n) is 12.4. The Kier molecular flexibility index (Phi) is 7.20. The SMILES string of the molecule is Cc1ccc(NC(=O)N(CC23CCC(C(=O)O)(CC2)CC3)c2ccccc2C(C)C)c(OC(F)F)n1. The van der Waals surface area contributed by atoms with Gasteiger partial charge in [-0.1, -0.05) is 32.0 Å². The van der Waals surface area contributed by atoms with Crippen LogP contribution >= 0.6 is 0 Å². The van der Waals surface area contributed by atoms with Crippen molar-refractivity contribution in [3.8, 4) is 5.88 Å². The van der Waals surface area contributed by atoms with Gasteiger partial charge in [0, 0.05) is 17.9 Å². The number of nitrogens with one attached hydrogen (secondary N) is 1. The van der Waals surface area contributed by atoms with Gasteiger partial charge < -0.3 is 15.2 Å². The fraction of sp³-hybridized carbons (Fsp3) is 0.519. The molecule has 3 aliphatic carbocycles. The van der Waals surface area contributed by atoms with Gasteiger partial charge in [-0.2, -0.15) is 8.78 Å². The molecular weight excluding hydrogens is 468 g/mol. The molecule has 2 N–H and O–H groups in total. The monoisotopic (exact) mass is 501 g/mol. The third kappa shape index (κ3) is 5.15. The molecule has 1 aromatic carbocycles. The van der Waals surface area contributed by atoms with E-state index in [9.17, 15) is 23.5 Å². The molecule has 0 radical (unpaired) electrons. The lowest BCUT2D eigenvalue weighted by Crippen LogP contribution is -2.52. The standard InChI is InChI=1S/C27H33F2N3O4/c1-17(2)19-6-4-5-7-21(19)32(16-26-10-13-27(14-11-26,15-12-26)23(33)34)25(35)31-20-9-8-18(3)30-22(20)36-24(28)29/h4-9,17,24H,10-16H2,1-3H3,(H,31,35)(H,33,34). The van der Waals surface area contributed by atoms with E-state index >= 15 is 0 Å². The minimum absolute atomic E-state index is 0.0626. The van der Waals surface area contributed by atoms with Gasteiger partial charge >= 0.3 is 18.6 Å². The Morgan fingerprint density at radius 2 is 1.72 bits per heavy atom. The van der Waals surface area contributed by atoms with Crippen molar-refractivity contribution in [2.24, 2.45) is 10.8 Å². The number of rotatable bonds is 8.